The summed E-state index contributed by atoms with van der Waals surface area (Å²) in [4.78, 5) is 12.2. The molecule has 2 heterocycles. The highest BCUT2D eigenvalue weighted by molar-refractivity contribution is 7.15. The van der Waals surface area contributed by atoms with Gasteiger partial charge in [0.2, 0.25) is 0 Å². The average Bonchev–Trinajstić information content (AvgIpc) is 2.86. The van der Waals surface area contributed by atoms with Crippen LogP contribution in [0.2, 0.25) is 0 Å². The first-order valence-corrected chi connectivity index (χ1v) is 7.26. The Kier molecular flexibility index (Phi) is 4.87. The Morgan fingerprint density at radius 3 is 2.84 bits per heavy atom. The summed E-state index contributed by atoms with van der Waals surface area (Å²) in [5.74, 6) is 0. The minimum absolute atomic E-state index is 0.497. The van der Waals surface area contributed by atoms with E-state index >= 15 is 0 Å². The lowest BCUT2D eigenvalue weighted by molar-refractivity contribution is 0.593. The van der Waals surface area contributed by atoms with Crippen LogP contribution in [0.5, 0.6) is 0 Å². The lowest BCUT2D eigenvalue weighted by Crippen LogP contribution is -2.21. The molecule has 1 N–H and O–H groups in total. The quantitative estimate of drug-likeness (QED) is 0.880. The molecule has 0 aliphatic carbocycles. The van der Waals surface area contributed by atoms with E-state index in [9.17, 15) is 0 Å². The first kappa shape index (κ1) is 14.0. The van der Waals surface area contributed by atoms with Gasteiger partial charge >= 0.3 is 0 Å². The summed E-state index contributed by atoms with van der Waals surface area (Å²) in [6.07, 6.45) is 3.77. The third-order valence-electron chi connectivity index (χ3n) is 2.68. The number of thiazole rings is 1. The Morgan fingerprint density at radius 1 is 1.32 bits per heavy atom. The highest BCUT2D eigenvalue weighted by Gasteiger charge is 2.08. The predicted octanol–water partition coefficient (Wildman–Crippen LogP) is 2.67. The van der Waals surface area contributed by atoms with Gasteiger partial charge in [0.1, 0.15) is 0 Å². The van der Waals surface area contributed by atoms with Crippen molar-refractivity contribution in [2.24, 2.45) is 0 Å². The maximum Gasteiger partial charge on any atom is 0.185 e. The maximum atomic E-state index is 4.47. The van der Waals surface area contributed by atoms with Crippen LogP contribution in [0.15, 0.2) is 30.6 Å². The standard InChI is InChI=1S/C14H20N4S/c1-11(2)16-8-13-9-17-14(19-13)18(3)10-12-6-4-5-7-15-12/h4-7,9,11,16H,8,10H2,1-3H3. The molecule has 0 radical (unpaired) electrons. The molecule has 0 aromatic carbocycles. The fourth-order valence-corrected chi connectivity index (χ4v) is 2.48. The largest absolute Gasteiger partial charge is 0.345 e. The van der Waals surface area contributed by atoms with Crippen molar-refractivity contribution in [2.45, 2.75) is 33.0 Å². The van der Waals surface area contributed by atoms with Crippen LogP contribution in [-0.2, 0) is 13.1 Å². The van der Waals surface area contributed by atoms with E-state index < -0.39 is 0 Å². The van der Waals surface area contributed by atoms with Gasteiger partial charge in [0.05, 0.1) is 12.2 Å². The van der Waals surface area contributed by atoms with Gasteiger partial charge in [0, 0.05) is 36.9 Å². The van der Waals surface area contributed by atoms with Crippen molar-refractivity contribution in [3.63, 3.8) is 0 Å². The molecule has 0 spiro atoms. The number of pyridine rings is 1. The normalized spacial score (nSPS) is 10.9. The van der Waals surface area contributed by atoms with E-state index in [1.165, 1.54) is 4.88 Å². The van der Waals surface area contributed by atoms with Crippen molar-refractivity contribution in [2.75, 3.05) is 11.9 Å². The summed E-state index contributed by atoms with van der Waals surface area (Å²) in [6, 6.07) is 6.47. The van der Waals surface area contributed by atoms with Crippen LogP contribution in [0.1, 0.15) is 24.4 Å². The smallest absolute Gasteiger partial charge is 0.185 e. The summed E-state index contributed by atoms with van der Waals surface area (Å²) in [6.45, 7) is 5.96. The molecule has 0 atom stereocenters. The van der Waals surface area contributed by atoms with Gasteiger partial charge in [0.25, 0.3) is 0 Å². The monoisotopic (exact) mass is 276 g/mol. The van der Waals surface area contributed by atoms with E-state index in [4.69, 9.17) is 0 Å². The molecule has 102 valence electrons. The predicted molar refractivity (Wildman–Crippen MR) is 80.4 cm³/mol. The summed E-state index contributed by atoms with van der Waals surface area (Å²) >= 11 is 1.73. The van der Waals surface area contributed by atoms with Crippen molar-refractivity contribution in [1.29, 1.82) is 0 Å². The zero-order valence-electron chi connectivity index (χ0n) is 11.6. The summed E-state index contributed by atoms with van der Waals surface area (Å²) < 4.78 is 0. The second-order valence-corrected chi connectivity index (χ2v) is 5.92. The Bertz CT molecular complexity index is 495. The number of nitrogens with zero attached hydrogens (tertiary/aromatic N) is 3. The molecule has 0 amide bonds. The lowest BCUT2D eigenvalue weighted by atomic mass is 10.3. The van der Waals surface area contributed by atoms with Gasteiger partial charge in [-0.15, -0.1) is 11.3 Å². The molecule has 0 bridgehead atoms. The fraction of sp³-hybridized carbons (Fsp3) is 0.429. The topological polar surface area (TPSA) is 41.1 Å². The van der Waals surface area contributed by atoms with Crippen LogP contribution in [0, 0.1) is 0 Å². The van der Waals surface area contributed by atoms with E-state index in [-0.39, 0.29) is 0 Å². The SMILES string of the molecule is CC(C)NCc1cnc(N(C)Cc2ccccn2)s1. The molecule has 0 saturated carbocycles. The lowest BCUT2D eigenvalue weighted by Gasteiger charge is -2.14. The van der Waals surface area contributed by atoms with Gasteiger partial charge in [-0.25, -0.2) is 4.98 Å². The van der Waals surface area contributed by atoms with Crippen molar-refractivity contribution >= 4 is 16.5 Å². The van der Waals surface area contributed by atoms with E-state index in [2.05, 4.69) is 34.0 Å². The molecule has 0 unspecified atom stereocenters. The zero-order chi connectivity index (χ0) is 13.7. The number of hydrogen-bond donors (Lipinski definition) is 1. The van der Waals surface area contributed by atoms with Gasteiger partial charge < -0.3 is 10.2 Å². The van der Waals surface area contributed by atoms with Crippen LogP contribution < -0.4 is 10.2 Å². The minimum atomic E-state index is 0.497. The molecule has 5 heteroatoms. The molecular weight excluding hydrogens is 256 g/mol. The number of aromatic nitrogens is 2. The summed E-state index contributed by atoms with van der Waals surface area (Å²) in [7, 11) is 2.05. The van der Waals surface area contributed by atoms with E-state index in [1.54, 1.807) is 11.3 Å². The highest BCUT2D eigenvalue weighted by atomic mass is 32.1. The first-order valence-electron chi connectivity index (χ1n) is 6.44. The van der Waals surface area contributed by atoms with Crippen LogP contribution >= 0.6 is 11.3 Å². The molecule has 2 aromatic heterocycles. The first-order chi connectivity index (χ1) is 9.15. The molecule has 2 rings (SSSR count). The fourth-order valence-electron chi connectivity index (χ4n) is 1.66. The Labute approximate surface area is 118 Å². The minimum Gasteiger partial charge on any atom is -0.345 e. The molecule has 0 aliphatic heterocycles. The number of anilines is 1. The molecule has 4 nitrogen and oxygen atoms in total. The second-order valence-electron chi connectivity index (χ2n) is 4.82. The highest BCUT2D eigenvalue weighted by Crippen LogP contribution is 2.22. The maximum absolute atomic E-state index is 4.47. The Balaban J connectivity index is 1.94. The molecule has 0 fully saturated rings. The average molecular weight is 276 g/mol. The number of nitrogens with one attached hydrogen (secondary N) is 1. The summed E-state index contributed by atoms with van der Waals surface area (Å²) in [5.41, 5.74) is 1.06. The van der Waals surface area contributed by atoms with Crippen LogP contribution in [-0.4, -0.2) is 23.1 Å². The number of rotatable bonds is 6. The van der Waals surface area contributed by atoms with Gasteiger partial charge in [-0.3, -0.25) is 4.98 Å². The van der Waals surface area contributed by atoms with Gasteiger partial charge in [-0.1, -0.05) is 19.9 Å². The Morgan fingerprint density at radius 2 is 2.16 bits per heavy atom. The second kappa shape index (κ2) is 6.63. The third-order valence-corrected chi connectivity index (χ3v) is 3.79. The van der Waals surface area contributed by atoms with Crippen molar-refractivity contribution in [1.82, 2.24) is 15.3 Å². The zero-order valence-corrected chi connectivity index (χ0v) is 12.4. The molecular formula is C14H20N4S. The van der Waals surface area contributed by atoms with Crippen molar-refractivity contribution < 1.29 is 0 Å². The molecule has 0 saturated heterocycles. The van der Waals surface area contributed by atoms with Crippen molar-refractivity contribution in [3.8, 4) is 0 Å². The van der Waals surface area contributed by atoms with Gasteiger partial charge in [-0.2, -0.15) is 0 Å². The van der Waals surface area contributed by atoms with Gasteiger partial charge in [0.15, 0.2) is 5.13 Å². The molecule has 0 aliphatic rings. The van der Waals surface area contributed by atoms with Crippen LogP contribution in [0.3, 0.4) is 0 Å². The number of hydrogen-bond acceptors (Lipinski definition) is 5. The summed E-state index contributed by atoms with van der Waals surface area (Å²) in [5, 5.41) is 4.44. The van der Waals surface area contributed by atoms with Gasteiger partial charge in [-0.05, 0) is 12.1 Å². The van der Waals surface area contributed by atoms with Crippen LogP contribution in [0.25, 0.3) is 0 Å². The van der Waals surface area contributed by atoms with Crippen molar-refractivity contribution in [3.05, 3.63) is 41.2 Å². The molecule has 2 aromatic rings. The van der Waals surface area contributed by atoms with E-state index in [1.807, 2.05) is 37.6 Å². The third kappa shape index (κ3) is 4.29. The Hall–Kier alpha value is -1.46. The van der Waals surface area contributed by atoms with Crippen LogP contribution in [0.4, 0.5) is 5.13 Å². The molecule has 19 heavy (non-hydrogen) atoms. The van der Waals surface area contributed by atoms with E-state index in [0.717, 1.165) is 23.9 Å². The van der Waals surface area contributed by atoms with E-state index in [0.29, 0.717) is 6.04 Å².